The number of carbonyl (C=O) groups is 1. The highest BCUT2D eigenvalue weighted by molar-refractivity contribution is 5.98. The molecule has 1 aliphatic heterocycles. The van der Waals surface area contributed by atoms with Gasteiger partial charge in [-0.05, 0) is 44.9 Å². The molecule has 1 aliphatic rings. The molecule has 6 nitrogen and oxygen atoms in total. The lowest BCUT2D eigenvalue weighted by Gasteiger charge is -2.33. The lowest BCUT2D eigenvalue weighted by atomic mass is 10.0. The molecule has 2 rings (SSSR count). The number of likely N-dealkylation sites (tertiary alicyclic amines) is 1. The predicted molar refractivity (Wildman–Crippen MR) is 97.9 cm³/mol. The number of methoxy groups -OCH3 is 3. The quantitative estimate of drug-likeness (QED) is 0.731. The topological polar surface area (TPSA) is 60.0 Å². The maximum absolute atomic E-state index is 12.5. The van der Waals surface area contributed by atoms with Gasteiger partial charge in [0.2, 0.25) is 5.75 Å². The van der Waals surface area contributed by atoms with Crippen molar-refractivity contribution in [3.63, 3.8) is 0 Å². The highest BCUT2D eigenvalue weighted by Crippen LogP contribution is 2.39. The maximum Gasteiger partial charge on any atom is 0.255 e. The average Bonchev–Trinajstić information content (AvgIpc) is 2.64. The first-order valence-electron chi connectivity index (χ1n) is 8.93. The molecule has 0 unspecified atom stereocenters. The van der Waals surface area contributed by atoms with Gasteiger partial charge in [0.15, 0.2) is 11.5 Å². The molecule has 1 saturated heterocycles. The van der Waals surface area contributed by atoms with Crippen molar-refractivity contribution in [2.45, 2.75) is 38.6 Å². The number of amides is 1. The monoisotopic (exact) mass is 350 g/mol. The van der Waals surface area contributed by atoms with Gasteiger partial charge in [-0.3, -0.25) is 4.79 Å². The zero-order valence-corrected chi connectivity index (χ0v) is 15.8. The van der Waals surface area contributed by atoms with E-state index in [2.05, 4.69) is 17.1 Å². The molecule has 1 amide bonds. The van der Waals surface area contributed by atoms with Gasteiger partial charge in [-0.15, -0.1) is 0 Å². The summed E-state index contributed by atoms with van der Waals surface area (Å²) in [5.41, 5.74) is 0.450. The first-order chi connectivity index (χ1) is 12.1. The third-order valence-corrected chi connectivity index (χ3v) is 4.80. The van der Waals surface area contributed by atoms with Crippen molar-refractivity contribution >= 4 is 5.91 Å². The standard InChI is InChI=1S/C19H30N2O4/c1-14-8-5-6-12-21(14)13-7-11-20-19(22)15-9-10-16(23-2)18(25-4)17(15)24-3/h9-10,14H,5-8,11-13H2,1-4H3,(H,20,22)/t14-/m1/s1. The summed E-state index contributed by atoms with van der Waals surface area (Å²) < 4.78 is 15.9. The zero-order valence-electron chi connectivity index (χ0n) is 15.8. The largest absolute Gasteiger partial charge is 0.493 e. The Balaban J connectivity index is 1.92. The van der Waals surface area contributed by atoms with Crippen molar-refractivity contribution in [1.82, 2.24) is 10.2 Å². The molecule has 0 saturated carbocycles. The number of nitrogens with one attached hydrogen (secondary N) is 1. The average molecular weight is 350 g/mol. The summed E-state index contributed by atoms with van der Waals surface area (Å²) in [6.45, 7) is 5.11. The van der Waals surface area contributed by atoms with Gasteiger partial charge in [0.05, 0.1) is 26.9 Å². The molecule has 25 heavy (non-hydrogen) atoms. The molecule has 0 radical (unpaired) electrons. The molecule has 1 N–H and O–H groups in total. The smallest absolute Gasteiger partial charge is 0.255 e. The van der Waals surface area contributed by atoms with Gasteiger partial charge in [0.1, 0.15) is 0 Å². The number of benzene rings is 1. The first-order valence-corrected chi connectivity index (χ1v) is 8.93. The molecule has 1 aromatic carbocycles. The van der Waals surface area contributed by atoms with Crippen LogP contribution in [0, 0.1) is 0 Å². The lowest BCUT2D eigenvalue weighted by Crippen LogP contribution is -2.39. The van der Waals surface area contributed by atoms with Crippen molar-refractivity contribution < 1.29 is 19.0 Å². The van der Waals surface area contributed by atoms with Crippen LogP contribution in [0.5, 0.6) is 17.2 Å². The number of hydrogen-bond acceptors (Lipinski definition) is 5. The molecule has 0 bridgehead atoms. The molecule has 1 heterocycles. The Morgan fingerprint density at radius 1 is 1.16 bits per heavy atom. The Morgan fingerprint density at radius 2 is 1.92 bits per heavy atom. The van der Waals surface area contributed by atoms with Gasteiger partial charge in [0.25, 0.3) is 5.91 Å². The molecule has 0 spiro atoms. The molecular weight excluding hydrogens is 320 g/mol. The third-order valence-electron chi connectivity index (χ3n) is 4.80. The van der Waals surface area contributed by atoms with E-state index in [1.807, 2.05) is 0 Å². The zero-order chi connectivity index (χ0) is 18.2. The second-order valence-corrected chi connectivity index (χ2v) is 6.37. The molecule has 140 valence electrons. The van der Waals surface area contributed by atoms with Crippen molar-refractivity contribution in [1.29, 1.82) is 0 Å². The second kappa shape index (κ2) is 9.51. The Labute approximate surface area is 150 Å². The minimum absolute atomic E-state index is 0.163. The number of ether oxygens (including phenoxy) is 3. The third kappa shape index (κ3) is 4.78. The van der Waals surface area contributed by atoms with Gasteiger partial charge >= 0.3 is 0 Å². The van der Waals surface area contributed by atoms with Gasteiger partial charge < -0.3 is 24.4 Å². The summed E-state index contributed by atoms with van der Waals surface area (Å²) in [5, 5.41) is 2.97. The molecule has 0 aromatic heterocycles. The van der Waals surface area contributed by atoms with Crippen LogP contribution in [0.2, 0.25) is 0 Å². The van der Waals surface area contributed by atoms with Gasteiger partial charge in [-0.1, -0.05) is 6.42 Å². The van der Waals surface area contributed by atoms with Gasteiger partial charge in [-0.2, -0.15) is 0 Å². The van der Waals surface area contributed by atoms with Crippen LogP contribution >= 0.6 is 0 Å². The lowest BCUT2D eigenvalue weighted by molar-refractivity contribution is 0.0945. The highest BCUT2D eigenvalue weighted by atomic mass is 16.5. The summed E-state index contributed by atoms with van der Waals surface area (Å²) in [4.78, 5) is 15.0. The van der Waals surface area contributed by atoms with Crippen LogP contribution < -0.4 is 19.5 Å². The molecule has 1 aromatic rings. The maximum atomic E-state index is 12.5. The molecule has 1 fully saturated rings. The summed E-state index contributed by atoms with van der Waals surface area (Å²) in [6.07, 6.45) is 4.81. The van der Waals surface area contributed by atoms with Crippen LogP contribution in [0.15, 0.2) is 12.1 Å². The van der Waals surface area contributed by atoms with E-state index in [-0.39, 0.29) is 5.91 Å². The van der Waals surface area contributed by atoms with Crippen molar-refractivity contribution in [2.24, 2.45) is 0 Å². The fraction of sp³-hybridized carbons (Fsp3) is 0.632. The number of rotatable bonds is 8. The number of carbonyl (C=O) groups excluding carboxylic acids is 1. The van der Waals surface area contributed by atoms with E-state index < -0.39 is 0 Å². The van der Waals surface area contributed by atoms with Crippen molar-refractivity contribution in [3.05, 3.63) is 17.7 Å². The van der Waals surface area contributed by atoms with E-state index in [0.717, 1.165) is 13.0 Å². The summed E-state index contributed by atoms with van der Waals surface area (Å²) >= 11 is 0. The Morgan fingerprint density at radius 3 is 2.56 bits per heavy atom. The normalized spacial score (nSPS) is 17.8. The number of hydrogen-bond donors (Lipinski definition) is 1. The highest BCUT2D eigenvalue weighted by Gasteiger charge is 2.21. The SMILES string of the molecule is COc1ccc(C(=O)NCCCN2CCCC[C@H]2C)c(OC)c1OC. The minimum Gasteiger partial charge on any atom is -0.493 e. The van der Waals surface area contributed by atoms with Crippen LogP contribution in [0.3, 0.4) is 0 Å². The summed E-state index contributed by atoms with van der Waals surface area (Å²) in [6, 6.07) is 4.06. The van der Waals surface area contributed by atoms with Crippen LogP contribution in [-0.4, -0.2) is 57.8 Å². The van der Waals surface area contributed by atoms with Crippen molar-refractivity contribution in [2.75, 3.05) is 41.0 Å². The molecular formula is C19H30N2O4. The van der Waals surface area contributed by atoms with Crippen LogP contribution in [0.4, 0.5) is 0 Å². The Bertz CT molecular complexity index is 577. The van der Waals surface area contributed by atoms with Gasteiger partial charge in [0, 0.05) is 19.1 Å². The van der Waals surface area contributed by atoms with E-state index in [1.165, 1.54) is 40.0 Å². The number of piperidine rings is 1. The van der Waals surface area contributed by atoms with E-state index in [0.29, 0.717) is 35.4 Å². The van der Waals surface area contributed by atoms with E-state index in [9.17, 15) is 4.79 Å². The molecule has 0 aliphatic carbocycles. The second-order valence-electron chi connectivity index (χ2n) is 6.37. The van der Waals surface area contributed by atoms with E-state index in [1.54, 1.807) is 19.2 Å². The molecule has 1 atom stereocenters. The van der Waals surface area contributed by atoms with Crippen LogP contribution in [0.1, 0.15) is 43.0 Å². The van der Waals surface area contributed by atoms with Crippen molar-refractivity contribution in [3.8, 4) is 17.2 Å². The van der Waals surface area contributed by atoms with Crippen LogP contribution in [-0.2, 0) is 0 Å². The Hall–Kier alpha value is -1.95. The fourth-order valence-corrected chi connectivity index (χ4v) is 3.35. The van der Waals surface area contributed by atoms with E-state index >= 15 is 0 Å². The van der Waals surface area contributed by atoms with E-state index in [4.69, 9.17) is 14.2 Å². The number of nitrogens with zero attached hydrogens (tertiary/aromatic N) is 1. The molecule has 6 heteroatoms. The summed E-state index contributed by atoms with van der Waals surface area (Å²) in [5.74, 6) is 1.20. The Kier molecular flexibility index (Phi) is 7.37. The fourth-order valence-electron chi connectivity index (χ4n) is 3.35. The van der Waals surface area contributed by atoms with Crippen LogP contribution in [0.25, 0.3) is 0 Å². The predicted octanol–water partition coefficient (Wildman–Crippen LogP) is 2.71. The van der Waals surface area contributed by atoms with Gasteiger partial charge in [-0.25, -0.2) is 0 Å². The summed E-state index contributed by atoms with van der Waals surface area (Å²) in [7, 11) is 4.60. The minimum atomic E-state index is -0.163. The first kappa shape index (κ1) is 19.4.